The van der Waals surface area contributed by atoms with Gasteiger partial charge in [-0.25, -0.2) is 4.79 Å². The van der Waals surface area contributed by atoms with Crippen molar-refractivity contribution in [2.24, 2.45) is 5.92 Å². The summed E-state index contributed by atoms with van der Waals surface area (Å²) in [7, 11) is 0. The Morgan fingerprint density at radius 1 is 1.10 bits per heavy atom. The number of H-pyrrole nitrogens is 2. The van der Waals surface area contributed by atoms with E-state index in [1.165, 1.54) is 18.4 Å². The van der Waals surface area contributed by atoms with Gasteiger partial charge >= 0.3 is 5.97 Å². The van der Waals surface area contributed by atoms with Crippen LogP contribution in [0.25, 0.3) is 33.2 Å². The van der Waals surface area contributed by atoms with Crippen LogP contribution in [0.5, 0.6) is 0 Å². The van der Waals surface area contributed by atoms with Crippen molar-refractivity contribution in [2.75, 3.05) is 19.6 Å². The van der Waals surface area contributed by atoms with Gasteiger partial charge in [-0.15, -0.1) is 0 Å². The third kappa shape index (κ3) is 3.69. The van der Waals surface area contributed by atoms with Gasteiger partial charge < -0.3 is 20.7 Å². The lowest BCUT2D eigenvalue weighted by Gasteiger charge is -2.22. The summed E-state index contributed by atoms with van der Waals surface area (Å²) in [5, 5.41) is 25.6. The molecular formula is C23H25N5O2. The minimum absolute atomic E-state index is 0.246. The number of carboxylic acid groups (broad SMARTS) is 1. The van der Waals surface area contributed by atoms with E-state index in [4.69, 9.17) is 0 Å². The summed E-state index contributed by atoms with van der Waals surface area (Å²) in [6, 6.07) is 13.6. The zero-order chi connectivity index (χ0) is 20.5. The van der Waals surface area contributed by atoms with Crippen molar-refractivity contribution in [2.45, 2.75) is 19.4 Å². The fraction of sp³-hybridized carbons (Fsp3) is 0.304. The number of hydrogen-bond donors (Lipinski definition) is 5. The number of nitrogens with one attached hydrogen (secondary N) is 4. The van der Waals surface area contributed by atoms with Gasteiger partial charge in [-0.05, 0) is 80.4 Å². The van der Waals surface area contributed by atoms with E-state index in [9.17, 15) is 9.90 Å². The second-order valence-corrected chi connectivity index (χ2v) is 8.07. The molecule has 5 rings (SSSR count). The molecule has 1 aliphatic heterocycles. The van der Waals surface area contributed by atoms with Crippen LogP contribution in [0, 0.1) is 5.92 Å². The molecule has 0 unspecified atom stereocenters. The number of fused-ring (bicyclic) bond motifs is 2. The number of carboxylic acids is 1. The molecule has 2 aromatic heterocycles. The number of aromatic nitrogens is 3. The summed E-state index contributed by atoms with van der Waals surface area (Å²) in [6.07, 6.45) is 2.50. The van der Waals surface area contributed by atoms with E-state index in [1.807, 2.05) is 0 Å². The molecule has 1 aliphatic rings. The molecule has 3 heterocycles. The summed E-state index contributed by atoms with van der Waals surface area (Å²) >= 11 is 0. The lowest BCUT2D eigenvalue weighted by Crippen LogP contribution is -2.33. The van der Waals surface area contributed by atoms with Crippen LogP contribution in [0.3, 0.4) is 0 Å². The molecule has 2 aromatic carbocycles. The first-order valence-electron chi connectivity index (χ1n) is 10.4. The van der Waals surface area contributed by atoms with Crippen molar-refractivity contribution in [1.29, 1.82) is 0 Å². The summed E-state index contributed by atoms with van der Waals surface area (Å²) in [5.41, 5.74) is 5.00. The van der Waals surface area contributed by atoms with Crippen LogP contribution in [0.2, 0.25) is 0 Å². The standard InChI is InChI=1S/C23H25N5O2/c29-23(30)16-2-3-18-20(10-16)27-28-22(18)21-11-17-9-15(1-4-19(17)26-21)13-25-12-14-5-7-24-8-6-14/h1-4,9-11,14,24-26H,5-8,12-13H2,(H,27,28)(H,29,30). The smallest absolute Gasteiger partial charge is 0.335 e. The highest BCUT2D eigenvalue weighted by Crippen LogP contribution is 2.29. The van der Waals surface area contributed by atoms with Gasteiger partial charge in [0.05, 0.1) is 16.8 Å². The largest absolute Gasteiger partial charge is 0.478 e. The van der Waals surface area contributed by atoms with E-state index in [0.29, 0.717) is 5.52 Å². The van der Waals surface area contributed by atoms with Gasteiger partial charge in [-0.2, -0.15) is 5.10 Å². The SMILES string of the molecule is O=C(O)c1ccc2c(-c3cc4cc(CNCC5CCNCC5)ccc4[nH]3)n[nH]c2c1. The Bertz CT molecular complexity index is 1200. The maximum absolute atomic E-state index is 11.2. The summed E-state index contributed by atoms with van der Waals surface area (Å²) < 4.78 is 0. The van der Waals surface area contributed by atoms with Gasteiger partial charge in [-0.1, -0.05) is 6.07 Å². The number of carbonyl (C=O) groups is 1. The zero-order valence-electron chi connectivity index (χ0n) is 16.7. The lowest BCUT2D eigenvalue weighted by atomic mass is 9.98. The fourth-order valence-corrected chi connectivity index (χ4v) is 4.28. The number of benzene rings is 2. The van der Waals surface area contributed by atoms with Gasteiger partial charge in [0.15, 0.2) is 0 Å². The van der Waals surface area contributed by atoms with Crippen LogP contribution in [-0.4, -0.2) is 45.9 Å². The summed E-state index contributed by atoms with van der Waals surface area (Å²) in [5.74, 6) is -0.177. The molecule has 0 spiro atoms. The normalized spacial score (nSPS) is 15.2. The van der Waals surface area contributed by atoms with Crippen molar-refractivity contribution in [3.63, 3.8) is 0 Å². The van der Waals surface area contributed by atoms with Gasteiger partial charge in [0.2, 0.25) is 0 Å². The van der Waals surface area contributed by atoms with Crippen LogP contribution in [0.4, 0.5) is 0 Å². The fourth-order valence-electron chi connectivity index (χ4n) is 4.28. The van der Waals surface area contributed by atoms with E-state index < -0.39 is 5.97 Å². The molecule has 5 N–H and O–H groups in total. The zero-order valence-corrected chi connectivity index (χ0v) is 16.7. The van der Waals surface area contributed by atoms with Crippen molar-refractivity contribution in [3.8, 4) is 11.4 Å². The molecule has 7 nitrogen and oxygen atoms in total. The third-order valence-corrected chi connectivity index (χ3v) is 5.97. The molecule has 1 saturated heterocycles. The Balaban J connectivity index is 1.35. The molecule has 0 saturated carbocycles. The van der Waals surface area contributed by atoms with Crippen LogP contribution < -0.4 is 10.6 Å². The maximum Gasteiger partial charge on any atom is 0.335 e. The minimum Gasteiger partial charge on any atom is -0.478 e. The average Bonchev–Trinajstić information content (AvgIpc) is 3.37. The van der Waals surface area contributed by atoms with E-state index in [2.05, 4.69) is 50.1 Å². The van der Waals surface area contributed by atoms with Gasteiger partial charge in [-0.3, -0.25) is 5.10 Å². The Labute approximate surface area is 173 Å². The molecule has 4 aromatic rings. The molecule has 0 atom stereocenters. The van der Waals surface area contributed by atoms with Crippen LogP contribution in [0.1, 0.15) is 28.8 Å². The Kier molecular flexibility index (Phi) is 4.98. The number of rotatable bonds is 6. The molecule has 0 amide bonds. The predicted molar refractivity (Wildman–Crippen MR) is 118 cm³/mol. The monoisotopic (exact) mass is 403 g/mol. The van der Waals surface area contributed by atoms with Gasteiger partial charge in [0, 0.05) is 22.8 Å². The van der Waals surface area contributed by atoms with Crippen molar-refractivity contribution in [3.05, 3.63) is 53.6 Å². The lowest BCUT2D eigenvalue weighted by molar-refractivity contribution is 0.0697. The maximum atomic E-state index is 11.2. The number of nitrogens with zero attached hydrogens (tertiary/aromatic N) is 1. The molecule has 0 aliphatic carbocycles. The van der Waals surface area contributed by atoms with E-state index >= 15 is 0 Å². The van der Waals surface area contributed by atoms with Crippen molar-refractivity contribution >= 4 is 27.8 Å². The van der Waals surface area contributed by atoms with Crippen LogP contribution in [-0.2, 0) is 6.54 Å². The van der Waals surface area contributed by atoms with E-state index in [1.54, 1.807) is 18.2 Å². The molecule has 0 radical (unpaired) electrons. The quantitative estimate of drug-likeness (QED) is 0.339. The van der Waals surface area contributed by atoms with E-state index in [-0.39, 0.29) is 5.56 Å². The van der Waals surface area contributed by atoms with Crippen LogP contribution >= 0.6 is 0 Å². The van der Waals surface area contributed by atoms with E-state index in [0.717, 1.165) is 59.8 Å². The predicted octanol–water partition coefficient (Wildman–Crippen LogP) is 3.50. The topological polar surface area (TPSA) is 106 Å². The molecule has 1 fully saturated rings. The summed E-state index contributed by atoms with van der Waals surface area (Å²) in [6.45, 7) is 4.19. The first-order chi connectivity index (χ1) is 14.7. The Morgan fingerprint density at radius 3 is 2.80 bits per heavy atom. The Morgan fingerprint density at radius 2 is 1.97 bits per heavy atom. The minimum atomic E-state index is -0.944. The first kappa shape index (κ1) is 18.8. The highest BCUT2D eigenvalue weighted by atomic mass is 16.4. The third-order valence-electron chi connectivity index (χ3n) is 5.97. The second kappa shape index (κ2) is 7.93. The number of piperidine rings is 1. The molecule has 7 heteroatoms. The molecule has 0 bridgehead atoms. The first-order valence-corrected chi connectivity index (χ1v) is 10.4. The molecule has 154 valence electrons. The van der Waals surface area contributed by atoms with Crippen molar-refractivity contribution in [1.82, 2.24) is 25.8 Å². The number of aromatic carboxylic acids is 1. The Hall–Kier alpha value is -3.16. The summed E-state index contributed by atoms with van der Waals surface area (Å²) in [4.78, 5) is 14.6. The van der Waals surface area contributed by atoms with Gasteiger partial charge in [0.1, 0.15) is 5.69 Å². The molecular weight excluding hydrogens is 378 g/mol. The number of hydrogen-bond acceptors (Lipinski definition) is 4. The second-order valence-electron chi connectivity index (χ2n) is 8.07. The highest BCUT2D eigenvalue weighted by Gasteiger charge is 2.14. The average molecular weight is 403 g/mol. The highest BCUT2D eigenvalue weighted by molar-refractivity contribution is 5.99. The van der Waals surface area contributed by atoms with Crippen molar-refractivity contribution < 1.29 is 9.90 Å². The number of aromatic amines is 2. The van der Waals surface area contributed by atoms with Gasteiger partial charge in [0.25, 0.3) is 0 Å². The molecule has 30 heavy (non-hydrogen) atoms. The van der Waals surface area contributed by atoms with Crippen LogP contribution in [0.15, 0.2) is 42.5 Å².